The smallest absolute Gasteiger partial charge is 0.283 e. The molecule has 6 aliphatic rings. The Morgan fingerprint density at radius 2 is 0.269 bits per heavy atom. The van der Waals surface area contributed by atoms with Crippen LogP contribution in [0.3, 0.4) is 0 Å². The maximum Gasteiger partial charge on any atom is 0.283 e. The monoisotopic (exact) mass is 1310 g/mol. The van der Waals surface area contributed by atoms with Gasteiger partial charge in [0, 0.05) is 152 Å². The zero-order chi connectivity index (χ0) is 59.1. The van der Waals surface area contributed by atoms with Crippen molar-refractivity contribution in [2.24, 2.45) is 0 Å². The van der Waals surface area contributed by atoms with Crippen molar-refractivity contribution in [3.8, 4) is 0 Å². The van der Waals surface area contributed by atoms with E-state index < -0.39 is 12.2 Å². The topological polar surface area (TPSA) is 222 Å². The average molecular weight is 1310 g/mol. The van der Waals surface area contributed by atoms with Gasteiger partial charge < -0.3 is 110 Å². The third kappa shape index (κ3) is 23.3. The maximum absolute atomic E-state index is 5.11. The van der Waals surface area contributed by atoms with Gasteiger partial charge in [-0.25, -0.2) is 0 Å². The first-order valence-electron chi connectivity index (χ1n) is 22.2. The fraction of sp³-hybridized carbons (Fsp3) is 1.00. The molecule has 0 aromatic carbocycles. The summed E-state index contributed by atoms with van der Waals surface area (Å²) in [6.07, 6.45) is -3.41. The zero-order valence-corrected chi connectivity index (χ0v) is 55.6. The summed E-state index contributed by atoms with van der Waals surface area (Å²) in [7, 11) is 86.9. The Labute approximate surface area is 502 Å². The van der Waals surface area contributed by atoms with Gasteiger partial charge in [0.05, 0.1) is 110 Å². The van der Waals surface area contributed by atoms with Crippen molar-refractivity contribution in [1.82, 2.24) is 0 Å². The molecule has 0 heterocycles. The summed E-state index contributed by atoms with van der Waals surface area (Å²) in [6, 6.07) is 0. The molecule has 24 nitrogen and oxygen atoms in total. The molecule has 0 amide bonds. The van der Waals surface area contributed by atoms with Crippen molar-refractivity contribution < 1.29 is 110 Å². The van der Waals surface area contributed by atoms with Crippen LogP contribution in [0.2, 0.25) is 0 Å². The van der Waals surface area contributed by atoms with Gasteiger partial charge >= 0.3 is 0 Å². The van der Waals surface area contributed by atoms with Crippen molar-refractivity contribution >= 4 is 210 Å². The highest BCUT2D eigenvalue weighted by molar-refractivity contribution is 7.11. The van der Waals surface area contributed by atoms with E-state index in [0.717, 1.165) is 0 Å². The summed E-state index contributed by atoms with van der Waals surface area (Å²) in [4.78, 5) is 0. The first-order valence-corrected chi connectivity index (χ1v) is 27.9. The molecule has 0 aromatic rings. The number of rotatable bonds is 24. The van der Waals surface area contributed by atoms with Gasteiger partial charge in [-0.3, -0.25) is 0 Å². The largest absolute Gasteiger partial charge is 0.442 e. The third-order valence-corrected chi connectivity index (χ3v) is 17.1. The van der Waals surface area contributed by atoms with Gasteiger partial charge in [-0.2, -0.15) is 0 Å². The molecule has 24 radical (unpaired) electrons. The van der Waals surface area contributed by atoms with Gasteiger partial charge in [0.25, 0.3) is 96.6 Å². The molecule has 12 unspecified atom stereocenters. The first kappa shape index (κ1) is 81.0. The molecular weight excluding hydrogens is 1250 g/mol. The molecule has 0 aromatic heterocycles. The van der Waals surface area contributed by atoms with Crippen LogP contribution >= 0.6 is 114 Å². The second-order valence-corrected chi connectivity index (χ2v) is 20.0. The molecule has 6 rings (SSSR count). The van der Waals surface area contributed by atoms with Crippen LogP contribution in [0.25, 0.3) is 0 Å². The van der Waals surface area contributed by atoms with Gasteiger partial charge in [-0.05, 0) is 0 Å². The standard InChI is InChI=1S/6C5H10B2O4P2/c4*6-8-2-1-3(10-12)4(9-7)5(2)11-13;6-8-4-2(10-12)1-3(11-13)5(4)9-7;6-8-2-1-3(9-7)5(11-13)4(2)10-12/h6*2-5H,1,12-13H2/t2*2-,3+,4+,5-;4*2-,3+,4-,5+/m1010../s1. The summed E-state index contributed by atoms with van der Waals surface area (Å²) in [6.45, 7) is 0. The Kier molecular flexibility index (Phi) is 48.8. The second kappa shape index (κ2) is 47.0. The molecule has 0 saturated heterocycles. The molecule has 6 saturated carbocycles. The zero-order valence-electron chi connectivity index (χ0n) is 41.8. The van der Waals surface area contributed by atoms with Gasteiger partial charge in [-0.15, -0.1) is 0 Å². The van der Waals surface area contributed by atoms with E-state index in [0.29, 0.717) is 38.5 Å². The predicted octanol–water partition coefficient (Wildman–Crippen LogP) is -1.93. The van der Waals surface area contributed by atoms with Crippen molar-refractivity contribution in [2.75, 3.05) is 0 Å². The normalized spacial score (nSPS) is 39.5. The minimum atomic E-state index is -0.409. The summed E-state index contributed by atoms with van der Waals surface area (Å²) < 4.78 is 118. The van der Waals surface area contributed by atoms with Crippen LogP contribution in [0, 0.1) is 0 Å². The van der Waals surface area contributed by atoms with Crippen molar-refractivity contribution in [1.29, 1.82) is 0 Å². The number of hydrogen-bond donors (Lipinski definition) is 0. The van der Waals surface area contributed by atoms with Crippen LogP contribution < -0.4 is 0 Å². The Morgan fingerprint density at radius 1 is 0.154 bits per heavy atom. The van der Waals surface area contributed by atoms with Crippen LogP contribution in [0.5, 0.6) is 0 Å². The van der Waals surface area contributed by atoms with E-state index in [1.807, 2.05) is 0 Å². The summed E-state index contributed by atoms with van der Waals surface area (Å²) in [5, 5.41) is 0. The van der Waals surface area contributed by atoms with E-state index in [1.165, 1.54) is 0 Å². The fourth-order valence-electron chi connectivity index (χ4n) is 9.10. The van der Waals surface area contributed by atoms with E-state index in [4.69, 9.17) is 207 Å². The predicted molar refractivity (Wildman–Crippen MR) is 330 cm³/mol. The van der Waals surface area contributed by atoms with Gasteiger partial charge in [0.15, 0.2) is 0 Å². The van der Waals surface area contributed by atoms with E-state index in [2.05, 4.69) is 114 Å². The minimum absolute atomic E-state index is 0.186. The molecule has 6 fully saturated rings. The molecule has 6 aliphatic carbocycles. The highest BCUT2D eigenvalue weighted by atomic mass is 31.1. The quantitative estimate of drug-likeness (QED) is 0.0759. The van der Waals surface area contributed by atoms with Crippen LogP contribution in [0.15, 0.2) is 0 Å². The fourth-order valence-corrected chi connectivity index (χ4v) is 12.7. The molecular formula is C30H60B12O24P12. The molecule has 36 atom stereocenters. The lowest BCUT2D eigenvalue weighted by Gasteiger charge is -2.24. The van der Waals surface area contributed by atoms with Gasteiger partial charge in [0.1, 0.15) is 36.6 Å². The van der Waals surface area contributed by atoms with E-state index in [-0.39, 0.29) is 134 Å². The van der Waals surface area contributed by atoms with Gasteiger partial charge in [-0.1, -0.05) is 0 Å². The van der Waals surface area contributed by atoms with Crippen molar-refractivity contribution in [3.63, 3.8) is 0 Å². The Bertz CT molecular complexity index is 1150. The lowest BCUT2D eigenvalue weighted by atomic mass is 10.2. The average Bonchev–Trinajstić information content (AvgIpc) is 4.35. The Morgan fingerprint density at radius 3 is 0.385 bits per heavy atom. The lowest BCUT2D eigenvalue weighted by Crippen LogP contribution is -2.36. The summed E-state index contributed by atoms with van der Waals surface area (Å²) in [5.41, 5.74) is 0. The van der Waals surface area contributed by atoms with Crippen LogP contribution in [-0.2, 0) is 110 Å². The second-order valence-electron chi connectivity index (χ2n) is 16.7. The highest BCUT2D eigenvalue weighted by Crippen LogP contribution is 2.37. The van der Waals surface area contributed by atoms with E-state index in [1.54, 1.807) is 0 Å². The molecule has 420 valence electrons. The molecule has 0 N–H and O–H groups in total. The first-order chi connectivity index (χ1) is 37.7. The van der Waals surface area contributed by atoms with Crippen molar-refractivity contribution in [2.45, 2.75) is 185 Å². The minimum Gasteiger partial charge on any atom is -0.442 e. The van der Waals surface area contributed by atoms with E-state index in [9.17, 15) is 0 Å². The third-order valence-electron chi connectivity index (χ3n) is 13.1. The molecule has 78 heavy (non-hydrogen) atoms. The highest BCUT2D eigenvalue weighted by Gasteiger charge is 2.48. The number of hydrogen-bond acceptors (Lipinski definition) is 24. The summed E-state index contributed by atoms with van der Waals surface area (Å²) in [5.74, 6) is 0. The molecule has 48 heteroatoms. The van der Waals surface area contributed by atoms with Crippen LogP contribution in [-0.4, -0.2) is 243 Å². The maximum atomic E-state index is 5.11. The van der Waals surface area contributed by atoms with Crippen LogP contribution in [0.1, 0.15) is 38.5 Å². The molecule has 0 bridgehead atoms. The van der Waals surface area contributed by atoms with Crippen LogP contribution in [0.4, 0.5) is 0 Å². The summed E-state index contributed by atoms with van der Waals surface area (Å²) >= 11 is 0. The van der Waals surface area contributed by atoms with E-state index >= 15 is 0 Å². The molecule has 0 spiro atoms. The SMILES string of the molecule is [B]O[C@@H]1[C@H](OP)[C@@H](O[B])C[C@H]1OP.[B]O[C@@H]1[C@H](OP)[C@H](O[B])C[C@@H]1OP.[B]O[C@@H]1[C@H](O[B])[C@H](OP)C[C@@H]1OP.[B]O[C@H]1C[C@@H](O[B])[C@@H](OP)[C@H]1OP.[B]O[C@H]1[C@@H](OP)[C@@H](O[B])C[C@H]1OP.[B]O[C@H]1[C@@H](OP)[C@H](O[B])C[C@@H]1OP. The van der Waals surface area contributed by atoms with Gasteiger partial charge in [0.2, 0.25) is 0 Å². The Balaban J connectivity index is 0.000000468. The molecule has 0 aliphatic heterocycles. The lowest BCUT2D eigenvalue weighted by molar-refractivity contribution is 0.0120. The Hall–Kier alpha value is 4.98. The van der Waals surface area contributed by atoms with Crippen molar-refractivity contribution in [3.05, 3.63) is 0 Å².